The minimum Gasteiger partial charge on any atom is -0.319 e. The van der Waals surface area contributed by atoms with Gasteiger partial charge in [-0.05, 0) is 44.0 Å². The number of para-hydroxylation sites is 1. The lowest BCUT2D eigenvalue weighted by Crippen LogP contribution is -2.14. The second-order valence-corrected chi connectivity index (χ2v) is 5.37. The summed E-state index contributed by atoms with van der Waals surface area (Å²) in [6, 6.07) is 5.51. The Bertz CT molecular complexity index is 569. The summed E-state index contributed by atoms with van der Waals surface area (Å²) in [6.45, 7) is 0. The molecule has 2 aromatic rings. The minimum atomic E-state index is -0.355. The van der Waals surface area contributed by atoms with E-state index in [9.17, 15) is 4.79 Å². The molecule has 0 radical (unpaired) electrons. The van der Waals surface area contributed by atoms with E-state index in [0.29, 0.717) is 5.69 Å². The van der Waals surface area contributed by atoms with E-state index >= 15 is 0 Å². The van der Waals surface area contributed by atoms with Gasteiger partial charge < -0.3 is 5.32 Å². The predicted molar refractivity (Wildman–Crippen MR) is 76.8 cm³/mol. The van der Waals surface area contributed by atoms with Crippen LogP contribution in [0.25, 0.3) is 0 Å². The molecule has 1 N–H and O–H groups in total. The first-order chi connectivity index (χ1) is 8.58. The van der Waals surface area contributed by atoms with E-state index in [1.165, 1.54) is 12.4 Å². The average Bonchev–Trinajstić information content (AvgIpc) is 2.34. The number of rotatable bonds is 2. The minimum absolute atomic E-state index is 0.196. The number of carbonyl (C=O) groups excluding carboxylic acids is 1. The van der Waals surface area contributed by atoms with Crippen molar-refractivity contribution in [3.05, 3.63) is 50.4 Å². The van der Waals surface area contributed by atoms with Gasteiger partial charge in [0.25, 0.3) is 5.91 Å². The van der Waals surface area contributed by atoms with Crippen molar-refractivity contribution in [1.29, 1.82) is 0 Å². The van der Waals surface area contributed by atoms with E-state index in [1.807, 2.05) is 18.2 Å². The summed E-state index contributed by atoms with van der Waals surface area (Å²) in [7, 11) is 0. The molecule has 0 saturated carbocycles. The van der Waals surface area contributed by atoms with E-state index < -0.39 is 0 Å². The number of anilines is 1. The van der Waals surface area contributed by atoms with Crippen LogP contribution >= 0.6 is 43.5 Å². The van der Waals surface area contributed by atoms with Crippen LogP contribution in [0.2, 0.25) is 5.15 Å². The SMILES string of the molecule is O=C(Nc1c(Br)cccc1Br)c1cnc(Cl)cn1. The zero-order valence-corrected chi connectivity index (χ0v) is 12.8. The maximum atomic E-state index is 11.9. The van der Waals surface area contributed by atoms with Gasteiger partial charge in [-0.1, -0.05) is 17.7 Å². The van der Waals surface area contributed by atoms with Crippen LogP contribution in [-0.4, -0.2) is 15.9 Å². The molecule has 92 valence electrons. The third-order valence-corrected chi connectivity index (χ3v) is 3.57. The molecular formula is C11H6Br2ClN3O. The van der Waals surface area contributed by atoms with E-state index in [2.05, 4.69) is 47.1 Å². The molecule has 0 bridgehead atoms. The summed E-state index contributed by atoms with van der Waals surface area (Å²) < 4.78 is 1.54. The Kier molecular flexibility index (Phi) is 4.31. The van der Waals surface area contributed by atoms with Crippen LogP contribution in [0.4, 0.5) is 5.69 Å². The van der Waals surface area contributed by atoms with Gasteiger partial charge in [0.05, 0.1) is 18.1 Å². The Morgan fingerprint density at radius 1 is 1.17 bits per heavy atom. The van der Waals surface area contributed by atoms with Crippen molar-refractivity contribution in [1.82, 2.24) is 9.97 Å². The van der Waals surface area contributed by atoms with Crippen molar-refractivity contribution < 1.29 is 4.79 Å². The van der Waals surface area contributed by atoms with E-state index in [-0.39, 0.29) is 16.8 Å². The topological polar surface area (TPSA) is 54.9 Å². The van der Waals surface area contributed by atoms with Gasteiger partial charge in [0, 0.05) is 8.95 Å². The molecule has 0 unspecified atom stereocenters. The first-order valence-corrected chi connectivity index (χ1v) is 6.77. The van der Waals surface area contributed by atoms with Crippen LogP contribution in [0.1, 0.15) is 10.5 Å². The van der Waals surface area contributed by atoms with Gasteiger partial charge in [-0.25, -0.2) is 9.97 Å². The first kappa shape index (κ1) is 13.5. The first-order valence-electron chi connectivity index (χ1n) is 4.81. The van der Waals surface area contributed by atoms with Gasteiger partial charge in [0.2, 0.25) is 0 Å². The number of halogens is 3. The Hall–Kier alpha value is -0.980. The van der Waals surface area contributed by atoms with E-state index in [4.69, 9.17) is 11.6 Å². The molecule has 0 atom stereocenters. The Morgan fingerprint density at radius 2 is 1.83 bits per heavy atom. The molecule has 0 aliphatic heterocycles. The molecule has 4 nitrogen and oxygen atoms in total. The zero-order valence-electron chi connectivity index (χ0n) is 8.82. The zero-order chi connectivity index (χ0) is 13.1. The van der Waals surface area contributed by atoms with Gasteiger partial charge in [-0.3, -0.25) is 4.79 Å². The number of nitrogens with one attached hydrogen (secondary N) is 1. The fourth-order valence-electron chi connectivity index (χ4n) is 1.22. The smallest absolute Gasteiger partial charge is 0.275 e. The van der Waals surface area contributed by atoms with Crippen molar-refractivity contribution in [3.8, 4) is 0 Å². The molecule has 0 aliphatic carbocycles. The molecule has 2 rings (SSSR count). The van der Waals surface area contributed by atoms with E-state index in [0.717, 1.165) is 8.95 Å². The fourth-order valence-corrected chi connectivity index (χ4v) is 2.52. The van der Waals surface area contributed by atoms with Crippen LogP contribution in [-0.2, 0) is 0 Å². The summed E-state index contributed by atoms with van der Waals surface area (Å²) >= 11 is 12.3. The Labute approximate surface area is 125 Å². The third-order valence-electron chi connectivity index (χ3n) is 2.05. The van der Waals surface area contributed by atoms with Crippen LogP contribution in [0.15, 0.2) is 39.5 Å². The molecule has 7 heteroatoms. The van der Waals surface area contributed by atoms with Gasteiger partial charge >= 0.3 is 0 Å². The van der Waals surface area contributed by atoms with Crippen molar-refractivity contribution in [2.75, 3.05) is 5.32 Å². The van der Waals surface area contributed by atoms with Gasteiger partial charge in [-0.15, -0.1) is 0 Å². The second-order valence-electron chi connectivity index (χ2n) is 3.28. The lowest BCUT2D eigenvalue weighted by Gasteiger charge is -2.08. The Morgan fingerprint density at radius 3 is 2.39 bits per heavy atom. The molecule has 1 amide bonds. The summed E-state index contributed by atoms with van der Waals surface area (Å²) in [5, 5.41) is 2.98. The highest BCUT2D eigenvalue weighted by Crippen LogP contribution is 2.30. The molecule has 1 aromatic heterocycles. The standard InChI is InChI=1S/C11H6Br2ClN3O/c12-6-2-1-3-7(13)10(6)17-11(18)8-4-16-9(14)5-15-8/h1-5H,(H,17,18). The molecule has 1 aromatic carbocycles. The predicted octanol–water partition coefficient (Wildman–Crippen LogP) is 3.91. The molecule has 0 fully saturated rings. The monoisotopic (exact) mass is 389 g/mol. The highest BCUT2D eigenvalue weighted by molar-refractivity contribution is 9.11. The van der Waals surface area contributed by atoms with Crippen LogP contribution in [0.5, 0.6) is 0 Å². The number of nitrogens with zero attached hydrogens (tertiary/aromatic N) is 2. The van der Waals surface area contributed by atoms with Gasteiger partial charge in [0.15, 0.2) is 0 Å². The van der Waals surface area contributed by atoms with Crippen molar-refractivity contribution in [2.45, 2.75) is 0 Å². The summed E-state index contributed by atoms with van der Waals surface area (Å²) in [5.74, 6) is -0.355. The van der Waals surface area contributed by atoms with Gasteiger partial charge in [-0.2, -0.15) is 0 Å². The molecule has 1 heterocycles. The molecule has 0 saturated heterocycles. The van der Waals surface area contributed by atoms with Gasteiger partial charge in [0.1, 0.15) is 10.8 Å². The lowest BCUT2D eigenvalue weighted by molar-refractivity contribution is 0.102. The highest BCUT2D eigenvalue weighted by Gasteiger charge is 2.12. The quantitative estimate of drug-likeness (QED) is 0.845. The maximum absolute atomic E-state index is 11.9. The molecule has 0 spiro atoms. The largest absolute Gasteiger partial charge is 0.319 e. The third kappa shape index (κ3) is 3.07. The molecule has 0 aliphatic rings. The van der Waals surface area contributed by atoms with Crippen LogP contribution in [0.3, 0.4) is 0 Å². The Balaban J connectivity index is 2.24. The van der Waals surface area contributed by atoms with Crippen molar-refractivity contribution in [2.24, 2.45) is 0 Å². The number of hydrogen-bond donors (Lipinski definition) is 1. The number of carbonyl (C=O) groups is 1. The normalized spacial score (nSPS) is 10.2. The highest BCUT2D eigenvalue weighted by atomic mass is 79.9. The fraction of sp³-hybridized carbons (Fsp3) is 0. The van der Waals surface area contributed by atoms with Crippen molar-refractivity contribution >= 4 is 55.1 Å². The number of amides is 1. The summed E-state index contributed by atoms with van der Waals surface area (Å²) in [6.07, 6.45) is 2.65. The van der Waals surface area contributed by atoms with E-state index in [1.54, 1.807) is 0 Å². The van der Waals surface area contributed by atoms with Crippen LogP contribution in [0, 0.1) is 0 Å². The lowest BCUT2D eigenvalue weighted by atomic mass is 10.3. The van der Waals surface area contributed by atoms with Crippen molar-refractivity contribution in [3.63, 3.8) is 0 Å². The number of benzene rings is 1. The van der Waals surface area contributed by atoms with Crippen LogP contribution < -0.4 is 5.32 Å². The summed E-state index contributed by atoms with van der Waals surface area (Å²) in [5.41, 5.74) is 0.835. The summed E-state index contributed by atoms with van der Waals surface area (Å²) in [4.78, 5) is 19.6. The molecular weight excluding hydrogens is 385 g/mol. The number of hydrogen-bond acceptors (Lipinski definition) is 3. The molecule has 18 heavy (non-hydrogen) atoms. The number of aromatic nitrogens is 2. The second kappa shape index (κ2) is 5.77. The average molecular weight is 391 g/mol. The maximum Gasteiger partial charge on any atom is 0.275 e.